The maximum Gasteiger partial charge on any atom is 0.450 e. The highest BCUT2D eigenvalue weighted by Gasteiger charge is 2.36. The smallest absolute Gasteiger partial charge is 0.450 e. The molecule has 0 aliphatic heterocycles. The monoisotopic (exact) mass is 333 g/mol. The van der Waals surface area contributed by atoms with Gasteiger partial charge >= 0.3 is 6.18 Å². The molecule has 1 amide bonds. The lowest BCUT2D eigenvalue weighted by molar-refractivity contribution is -0.145. The van der Waals surface area contributed by atoms with Crippen molar-refractivity contribution in [3.8, 4) is 11.4 Å². The fraction of sp³-hybridized carbons (Fsp3) is 0.231. The number of rotatable bonds is 3. The van der Waals surface area contributed by atoms with Crippen LogP contribution in [-0.4, -0.2) is 25.9 Å². The zero-order chi connectivity index (χ0) is 16.5. The maximum absolute atomic E-state index is 12.8. The first-order valence-electron chi connectivity index (χ1n) is 6.09. The van der Waals surface area contributed by atoms with E-state index in [1.54, 1.807) is 0 Å². The molecular formula is C13H11ClF3N3O2. The van der Waals surface area contributed by atoms with Gasteiger partial charge < -0.3 is 10.4 Å². The van der Waals surface area contributed by atoms with Gasteiger partial charge in [-0.25, -0.2) is 4.98 Å². The highest BCUT2D eigenvalue weighted by atomic mass is 35.5. The van der Waals surface area contributed by atoms with Crippen LogP contribution in [0, 0.1) is 0 Å². The molecule has 9 heteroatoms. The molecule has 118 valence electrons. The Kier molecular flexibility index (Phi) is 4.32. The number of hydrogen-bond acceptors (Lipinski definition) is 3. The molecule has 0 bridgehead atoms. The van der Waals surface area contributed by atoms with E-state index in [1.807, 2.05) is 0 Å². The van der Waals surface area contributed by atoms with E-state index in [-0.39, 0.29) is 17.1 Å². The predicted octanol–water partition coefficient (Wildman–Crippen LogP) is 3.16. The normalized spacial score (nSPS) is 13.0. The molecule has 0 spiro atoms. The van der Waals surface area contributed by atoms with Gasteiger partial charge in [0.2, 0.25) is 11.7 Å². The largest absolute Gasteiger partial charge is 0.506 e. The number of nitrogens with one attached hydrogen (secondary N) is 1. The van der Waals surface area contributed by atoms with Gasteiger partial charge in [0.1, 0.15) is 11.1 Å². The summed E-state index contributed by atoms with van der Waals surface area (Å²) in [6.45, 7) is 1.45. The average Bonchev–Trinajstić information content (AvgIpc) is 2.90. The van der Waals surface area contributed by atoms with Crippen molar-refractivity contribution in [1.82, 2.24) is 9.55 Å². The molecule has 1 atom stereocenters. The van der Waals surface area contributed by atoms with Crippen LogP contribution in [0.4, 0.5) is 18.9 Å². The van der Waals surface area contributed by atoms with Crippen molar-refractivity contribution in [2.75, 3.05) is 5.32 Å². The fourth-order valence-electron chi connectivity index (χ4n) is 1.73. The van der Waals surface area contributed by atoms with Crippen LogP contribution in [0.2, 0.25) is 0 Å². The number of alkyl halides is 4. The number of benzene rings is 1. The van der Waals surface area contributed by atoms with Gasteiger partial charge in [0.15, 0.2) is 0 Å². The van der Waals surface area contributed by atoms with Crippen LogP contribution in [0.5, 0.6) is 5.75 Å². The van der Waals surface area contributed by atoms with E-state index >= 15 is 0 Å². The number of phenols is 1. The Hall–Kier alpha value is -2.22. The van der Waals surface area contributed by atoms with Gasteiger partial charge in [0.25, 0.3) is 0 Å². The van der Waals surface area contributed by atoms with E-state index in [4.69, 9.17) is 11.6 Å². The lowest BCUT2D eigenvalue weighted by Gasteiger charge is -2.13. The second-order valence-corrected chi connectivity index (χ2v) is 5.08. The standard InChI is InChI=1S/C13H11ClF3N3O2/c1-7(14)11(22)19-9-3-2-8(6-10(9)21)20-5-4-18-12(20)13(15,16)17/h2-7,21H,1H3,(H,19,22). The van der Waals surface area contributed by atoms with Crippen LogP contribution in [0.25, 0.3) is 5.69 Å². The van der Waals surface area contributed by atoms with E-state index in [9.17, 15) is 23.1 Å². The second-order valence-electron chi connectivity index (χ2n) is 4.43. The van der Waals surface area contributed by atoms with Crippen LogP contribution in [0.3, 0.4) is 0 Å². The minimum Gasteiger partial charge on any atom is -0.506 e. The Morgan fingerprint density at radius 3 is 2.68 bits per heavy atom. The number of amides is 1. The van der Waals surface area contributed by atoms with Crippen LogP contribution in [0.15, 0.2) is 30.6 Å². The molecule has 1 unspecified atom stereocenters. The van der Waals surface area contributed by atoms with E-state index < -0.39 is 23.3 Å². The molecule has 0 saturated carbocycles. The molecule has 0 fully saturated rings. The third-order valence-corrected chi connectivity index (χ3v) is 2.97. The molecule has 0 aliphatic carbocycles. The summed E-state index contributed by atoms with van der Waals surface area (Å²) in [4.78, 5) is 14.7. The minimum absolute atomic E-state index is 0.0509. The zero-order valence-corrected chi connectivity index (χ0v) is 12.0. The van der Waals surface area contributed by atoms with Crippen molar-refractivity contribution in [2.45, 2.75) is 18.5 Å². The van der Waals surface area contributed by atoms with Crippen molar-refractivity contribution in [3.05, 3.63) is 36.4 Å². The summed E-state index contributed by atoms with van der Waals surface area (Å²) in [5, 5.41) is 11.4. The average molecular weight is 334 g/mol. The third-order valence-electron chi connectivity index (χ3n) is 2.77. The summed E-state index contributed by atoms with van der Waals surface area (Å²) in [7, 11) is 0. The molecule has 1 aromatic heterocycles. The van der Waals surface area contributed by atoms with Gasteiger partial charge in [-0.15, -0.1) is 11.6 Å². The molecule has 0 radical (unpaired) electrons. The fourth-order valence-corrected chi connectivity index (χ4v) is 1.78. The first-order valence-corrected chi connectivity index (χ1v) is 6.52. The number of anilines is 1. The van der Waals surface area contributed by atoms with Gasteiger partial charge in [-0.3, -0.25) is 9.36 Å². The summed E-state index contributed by atoms with van der Waals surface area (Å²) in [6.07, 6.45) is -2.50. The van der Waals surface area contributed by atoms with Gasteiger partial charge in [0.05, 0.1) is 11.4 Å². The highest BCUT2D eigenvalue weighted by molar-refractivity contribution is 6.32. The Labute approximate surface area is 128 Å². The highest BCUT2D eigenvalue weighted by Crippen LogP contribution is 2.32. The van der Waals surface area contributed by atoms with Crippen molar-refractivity contribution in [2.24, 2.45) is 0 Å². The first kappa shape index (κ1) is 16.2. The SMILES string of the molecule is CC(Cl)C(=O)Nc1ccc(-n2ccnc2C(F)(F)F)cc1O. The number of aromatic hydroxyl groups is 1. The topological polar surface area (TPSA) is 67.2 Å². The number of halogens is 4. The lowest BCUT2D eigenvalue weighted by Crippen LogP contribution is -2.20. The molecule has 1 aromatic carbocycles. The summed E-state index contributed by atoms with van der Waals surface area (Å²) in [6, 6.07) is 3.68. The number of phenolic OH excluding ortho intramolecular Hbond substituents is 1. The number of nitrogens with zero attached hydrogens (tertiary/aromatic N) is 2. The van der Waals surface area contributed by atoms with Crippen molar-refractivity contribution in [3.63, 3.8) is 0 Å². The van der Waals surface area contributed by atoms with Crippen molar-refractivity contribution >= 4 is 23.2 Å². The zero-order valence-electron chi connectivity index (χ0n) is 11.2. The Morgan fingerprint density at radius 1 is 1.45 bits per heavy atom. The molecule has 0 saturated heterocycles. The lowest BCUT2D eigenvalue weighted by atomic mass is 10.2. The van der Waals surface area contributed by atoms with Crippen LogP contribution in [0.1, 0.15) is 12.7 Å². The Balaban J connectivity index is 2.35. The van der Waals surface area contributed by atoms with Gasteiger partial charge in [0, 0.05) is 18.5 Å². The molecule has 1 heterocycles. The summed E-state index contributed by atoms with van der Waals surface area (Å²) in [5.74, 6) is -2.04. The molecule has 5 nitrogen and oxygen atoms in total. The summed E-state index contributed by atoms with van der Waals surface area (Å²) >= 11 is 5.58. The summed E-state index contributed by atoms with van der Waals surface area (Å²) in [5.41, 5.74) is 0.106. The number of hydrogen-bond donors (Lipinski definition) is 2. The quantitative estimate of drug-likeness (QED) is 0.669. The Morgan fingerprint density at radius 2 is 2.14 bits per heavy atom. The molecule has 2 N–H and O–H groups in total. The van der Waals surface area contributed by atoms with E-state index in [0.717, 1.165) is 23.0 Å². The molecule has 22 heavy (non-hydrogen) atoms. The molecule has 2 rings (SSSR count). The third kappa shape index (κ3) is 3.33. The first-order chi connectivity index (χ1) is 10.2. The number of aromatic nitrogens is 2. The van der Waals surface area contributed by atoms with Crippen molar-refractivity contribution < 1.29 is 23.1 Å². The second kappa shape index (κ2) is 5.88. The predicted molar refractivity (Wildman–Crippen MR) is 74.2 cm³/mol. The summed E-state index contributed by atoms with van der Waals surface area (Å²) < 4.78 is 39.2. The van der Waals surface area contributed by atoms with Crippen LogP contribution >= 0.6 is 11.6 Å². The number of imidazole rings is 1. The van der Waals surface area contributed by atoms with E-state index in [0.29, 0.717) is 0 Å². The van der Waals surface area contributed by atoms with Crippen molar-refractivity contribution in [1.29, 1.82) is 0 Å². The maximum atomic E-state index is 12.8. The molecular weight excluding hydrogens is 323 g/mol. The van der Waals surface area contributed by atoms with E-state index in [1.165, 1.54) is 19.1 Å². The van der Waals surface area contributed by atoms with Gasteiger partial charge in [-0.05, 0) is 19.1 Å². The number of carbonyl (C=O) groups is 1. The van der Waals surface area contributed by atoms with E-state index in [2.05, 4.69) is 10.3 Å². The minimum atomic E-state index is -4.62. The number of carbonyl (C=O) groups excluding carboxylic acids is 1. The molecule has 2 aromatic rings. The molecule has 0 aliphatic rings. The van der Waals surface area contributed by atoms with Gasteiger partial charge in [-0.2, -0.15) is 13.2 Å². The van der Waals surface area contributed by atoms with Crippen LogP contribution < -0.4 is 5.32 Å². The van der Waals surface area contributed by atoms with Crippen LogP contribution in [-0.2, 0) is 11.0 Å². The Bertz CT molecular complexity index is 698. The van der Waals surface area contributed by atoms with Gasteiger partial charge in [-0.1, -0.05) is 0 Å².